The molecule has 0 radical (unpaired) electrons. The average molecular weight is 433 g/mol. The lowest BCUT2D eigenvalue weighted by Gasteiger charge is -2.11. The Bertz CT molecular complexity index is 1380. The smallest absolute Gasteiger partial charge is 0.298 e. The van der Waals surface area contributed by atoms with Gasteiger partial charge in [0.1, 0.15) is 10.6 Å². The number of hydrogen-bond donors (Lipinski definition) is 2. The average Bonchev–Trinajstić information content (AvgIpc) is 2.59. The van der Waals surface area contributed by atoms with Crippen molar-refractivity contribution < 1.29 is 26.5 Å². The van der Waals surface area contributed by atoms with Gasteiger partial charge in [0.05, 0.1) is 5.69 Å². The van der Waals surface area contributed by atoms with E-state index in [0.29, 0.717) is 5.69 Å². The van der Waals surface area contributed by atoms with E-state index in [1.54, 1.807) is 6.07 Å². The van der Waals surface area contributed by atoms with Gasteiger partial charge in [-0.3, -0.25) is 13.0 Å². The quantitative estimate of drug-likeness (QED) is 0.356. The lowest BCUT2D eigenvalue weighted by atomic mass is 10.1. The van der Waals surface area contributed by atoms with Crippen molar-refractivity contribution in [1.29, 1.82) is 0 Å². The summed E-state index contributed by atoms with van der Waals surface area (Å²) in [6, 6.07) is 10.2. The van der Waals surface area contributed by atoms with E-state index < -0.39 is 30.6 Å². The molecule has 3 rings (SSSR count). The number of azo groups is 1. The molecule has 0 saturated heterocycles. The van der Waals surface area contributed by atoms with Crippen LogP contribution in [0.4, 0.5) is 11.4 Å². The van der Waals surface area contributed by atoms with Crippen molar-refractivity contribution in [2.24, 2.45) is 10.2 Å². The third-order valence-corrected chi connectivity index (χ3v) is 6.11. The van der Waals surface area contributed by atoms with Crippen LogP contribution in [-0.2, 0) is 20.0 Å². The predicted molar refractivity (Wildman–Crippen MR) is 108 cm³/mol. The Balaban J connectivity index is 2.31. The third-order valence-electron chi connectivity index (χ3n) is 4.27. The van der Waals surface area contributed by atoms with Crippen LogP contribution in [0.3, 0.4) is 0 Å². The van der Waals surface area contributed by atoms with Gasteiger partial charge in [-0.05, 0) is 49.1 Å². The topological polar surface area (TPSA) is 133 Å². The number of phenolic OH excluding ortho intramolecular Hbond substituents is 1. The Morgan fingerprint density at radius 1 is 0.931 bits per heavy atom. The Hall–Kier alpha value is -2.82. The normalized spacial score (nSPS) is 12.7. The number of nitrogens with zero attached hydrogens (tertiary/aromatic N) is 2. The maximum atomic E-state index is 11.7. The highest BCUT2D eigenvalue weighted by molar-refractivity contribution is 7.92. The van der Waals surface area contributed by atoms with E-state index in [2.05, 4.69) is 16.5 Å². The molecule has 0 saturated carbocycles. The Morgan fingerprint density at radius 2 is 1.62 bits per heavy atom. The van der Waals surface area contributed by atoms with E-state index in [-0.39, 0.29) is 21.4 Å². The molecule has 0 spiro atoms. The van der Waals surface area contributed by atoms with Gasteiger partial charge >= 0.3 is 0 Å². The summed E-state index contributed by atoms with van der Waals surface area (Å²) in [5.41, 5.74) is 2.11. The summed E-state index contributed by atoms with van der Waals surface area (Å²) in [6.45, 7) is 3.73. The minimum atomic E-state index is -4.81. The summed E-state index contributed by atoms with van der Waals surface area (Å²) in [4.78, 5) is -0.965. The molecule has 29 heavy (non-hydrogen) atoms. The molecule has 0 aliphatic heterocycles. The Kier molecular flexibility index (Phi) is 5.20. The fraction of sp³-hybridized carbons (Fsp3) is 0.105. The number of aryl methyl sites for hydroxylation is 2. The number of aromatic hydroxyl groups is 1. The van der Waals surface area contributed by atoms with Crippen molar-refractivity contribution in [3.8, 4) is 5.75 Å². The van der Waals surface area contributed by atoms with Crippen molar-refractivity contribution in [3.63, 3.8) is 0 Å². The monoisotopic (exact) mass is 433 g/mol. The molecule has 0 amide bonds. The highest BCUT2D eigenvalue weighted by Crippen LogP contribution is 2.42. The second-order valence-electron chi connectivity index (χ2n) is 6.53. The molecule has 10 heteroatoms. The van der Waals surface area contributed by atoms with Crippen LogP contribution in [0, 0.1) is 20.1 Å². The Morgan fingerprint density at radius 3 is 2.21 bits per heavy atom. The minimum Gasteiger partial charge on any atom is -0.504 e. The first kappa shape index (κ1) is 20.9. The second-order valence-corrected chi connectivity index (χ2v) is 9.63. The maximum Gasteiger partial charge on any atom is 0.298 e. The largest absolute Gasteiger partial charge is 0.504 e. The lowest BCUT2D eigenvalue weighted by Crippen LogP contribution is -2.00. The van der Waals surface area contributed by atoms with Gasteiger partial charge in [0.25, 0.3) is 10.1 Å². The van der Waals surface area contributed by atoms with Crippen LogP contribution in [-0.4, -0.2) is 26.5 Å². The van der Waals surface area contributed by atoms with Gasteiger partial charge in [-0.2, -0.15) is 13.5 Å². The molecule has 8 nitrogen and oxygen atoms in total. The van der Waals surface area contributed by atoms with Gasteiger partial charge in [0.2, 0.25) is 0 Å². The van der Waals surface area contributed by atoms with Crippen molar-refractivity contribution in [3.05, 3.63) is 59.8 Å². The summed E-state index contributed by atoms with van der Waals surface area (Å²) in [6.07, 6.45) is 3.06. The predicted octanol–water partition coefficient (Wildman–Crippen LogP) is 4.39. The van der Waals surface area contributed by atoms with E-state index in [9.17, 15) is 26.5 Å². The van der Waals surface area contributed by atoms with E-state index in [0.717, 1.165) is 17.2 Å². The summed E-state index contributed by atoms with van der Waals surface area (Å²) in [7, 11) is -8.62. The molecule has 0 unspecified atom stereocenters. The Labute approximate surface area is 168 Å². The molecule has 3 aromatic carbocycles. The van der Waals surface area contributed by atoms with E-state index in [1.807, 2.05) is 26.0 Å². The zero-order valence-corrected chi connectivity index (χ0v) is 17.1. The van der Waals surface area contributed by atoms with Crippen LogP contribution in [0.5, 0.6) is 5.75 Å². The molecule has 0 atom stereocenters. The maximum absolute atomic E-state index is 11.7. The molecule has 0 bridgehead atoms. The number of sulfone groups is 1. The van der Waals surface area contributed by atoms with Crippen molar-refractivity contribution in [2.45, 2.75) is 23.6 Å². The van der Waals surface area contributed by atoms with Crippen LogP contribution in [0.25, 0.3) is 10.8 Å². The van der Waals surface area contributed by atoms with Crippen LogP contribution in [0.15, 0.2) is 62.5 Å². The summed E-state index contributed by atoms with van der Waals surface area (Å²) in [5.74, 6) is -0.793. The van der Waals surface area contributed by atoms with Crippen LogP contribution < -0.4 is 0 Å². The standard InChI is InChI=1S/C19H17N2O6S2/c1-11-4-7-16(12(2)8-11)20-21-18-15-6-5-14(28(3,23)24)9-13(15)10-17(19(18)22)29(25,26)27/h4-10,22H,3H2,1-2H3,(H,25,26,27)/q-1. The number of hydrogen-bond acceptors (Lipinski definition) is 7. The van der Waals surface area contributed by atoms with Crippen LogP contribution >= 0.6 is 0 Å². The summed E-state index contributed by atoms with van der Waals surface area (Å²) in [5, 5.41) is 18.9. The number of rotatable bonds is 4. The zero-order valence-electron chi connectivity index (χ0n) is 15.5. The summed E-state index contributed by atoms with van der Waals surface area (Å²) >= 11 is 0. The minimum absolute atomic E-state index is 0.120. The number of fused-ring (bicyclic) bond motifs is 1. The molecule has 0 aliphatic carbocycles. The van der Waals surface area contributed by atoms with E-state index >= 15 is 0 Å². The van der Waals surface area contributed by atoms with Gasteiger partial charge in [-0.1, -0.05) is 23.8 Å². The SMILES string of the molecule is [CH2-]S(=O)(=O)c1ccc2c(N=Nc3ccc(C)cc3C)c(O)c(S(=O)(=O)O)cc2c1. The number of benzene rings is 3. The van der Waals surface area contributed by atoms with Crippen LogP contribution in [0.1, 0.15) is 11.1 Å². The van der Waals surface area contributed by atoms with Gasteiger partial charge in [0.15, 0.2) is 5.75 Å². The van der Waals surface area contributed by atoms with E-state index in [4.69, 9.17) is 0 Å². The first-order chi connectivity index (χ1) is 13.4. The third kappa shape index (κ3) is 4.29. The van der Waals surface area contributed by atoms with Crippen LogP contribution in [0.2, 0.25) is 0 Å². The highest BCUT2D eigenvalue weighted by atomic mass is 32.2. The molecular weight excluding hydrogens is 416 g/mol. The fourth-order valence-electron chi connectivity index (χ4n) is 2.84. The number of phenols is 1. The van der Waals surface area contributed by atoms with Gasteiger partial charge in [-0.25, -0.2) is 6.26 Å². The van der Waals surface area contributed by atoms with Crippen molar-refractivity contribution in [2.75, 3.05) is 0 Å². The lowest BCUT2D eigenvalue weighted by molar-refractivity contribution is 0.445. The summed E-state index contributed by atoms with van der Waals surface area (Å²) < 4.78 is 56.3. The molecular formula is C19H17N2O6S2-. The molecule has 0 aliphatic rings. The molecule has 152 valence electrons. The molecule has 2 N–H and O–H groups in total. The van der Waals surface area contributed by atoms with Gasteiger partial charge in [-0.15, -0.1) is 5.11 Å². The highest BCUT2D eigenvalue weighted by Gasteiger charge is 2.22. The zero-order chi connectivity index (χ0) is 21.6. The first-order valence-electron chi connectivity index (χ1n) is 8.22. The van der Waals surface area contributed by atoms with Gasteiger partial charge in [0, 0.05) is 20.1 Å². The first-order valence-corrected chi connectivity index (χ1v) is 11.3. The molecule has 3 aromatic rings. The van der Waals surface area contributed by atoms with Gasteiger partial charge < -0.3 is 5.11 Å². The molecule has 0 fully saturated rings. The van der Waals surface area contributed by atoms with E-state index in [1.165, 1.54) is 18.2 Å². The molecule has 0 heterocycles. The second kappa shape index (κ2) is 7.21. The fourth-order valence-corrected chi connectivity index (χ4v) is 4.04. The van der Waals surface area contributed by atoms with Crippen molar-refractivity contribution >= 4 is 42.1 Å². The van der Waals surface area contributed by atoms with Crippen molar-refractivity contribution in [1.82, 2.24) is 0 Å². The molecule has 0 aromatic heterocycles.